The van der Waals surface area contributed by atoms with E-state index in [1.165, 1.54) is 0 Å². The highest BCUT2D eigenvalue weighted by Crippen LogP contribution is 2.23. The molecule has 1 amide bonds. The van der Waals surface area contributed by atoms with Gasteiger partial charge in [-0.1, -0.05) is 28.4 Å². The fraction of sp³-hybridized carbons (Fsp3) is 0.0625. The Morgan fingerprint density at radius 2 is 1.74 bits per heavy atom. The molecule has 116 valence electrons. The summed E-state index contributed by atoms with van der Waals surface area (Å²) in [7, 11) is 0. The highest BCUT2D eigenvalue weighted by Gasteiger charge is 2.10. The zero-order chi connectivity index (χ0) is 16.4. The van der Waals surface area contributed by atoms with Crippen molar-refractivity contribution in [3.8, 4) is 11.5 Å². The number of benzene rings is 2. The molecule has 1 aromatic heterocycles. The number of hydrogen-bond donors (Lipinski definition) is 1. The number of carbonyl (C=O) groups is 1. The fourth-order valence-corrected chi connectivity index (χ4v) is 2.53. The summed E-state index contributed by atoms with van der Waals surface area (Å²) in [4.78, 5) is 16.4. The molecule has 1 N–H and O–H groups in total. The van der Waals surface area contributed by atoms with Gasteiger partial charge < -0.3 is 9.84 Å². The molecule has 0 saturated carbocycles. The van der Waals surface area contributed by atoms with Crippen molar-refractivity contribution in [2.45, 2.75) is 6.92 Å². The number of nitrogens with zero attached hydrogens (tertiary/aromatic N) is 2. The minimum absolute atomic E-state index is 0.267. The van der Waals surface area contributed by atoms with E-state index in [0.29, 0.717) is 33.0 Å². The Bertz CT molecular complexity index is 840. The van der Waals surface area contributed by atoms with Gasteiger partial charge in [-0.05, 0) is 49.4 Å². The average Bonchev–Trinajstić information content (AvgIpc) is 2.93. The molecular formula is C16H11Cl2N3O2. The van der Waals surface area contributed by atoms with Gasteiger partial charge in [0.25, 0.3) is 11.8 Å². The summed E-state index contributed by atoms with van der Waals surface area (Å²) < 4.78 is 5.08. The fourth-order valence-electron chi connectivity index (χ4n) is 2.01. The van der Waals surface area contributed by atoms with E-state index >= 15 is 0 Å². The van der Waals surface area contributed by atoms with Gasteiger partial charge >= 0.3 is 0 Å². The number of aromatic nitrogens is 2. The predicted octanol–water partition coefficient (Wildman–Crippen LogP) is 4.60. The Hall–Kier alpha value is -2.37. The third-order valence-corrected chi connectivity index (χ3v) is 3.48. The Labute approximate surface area is 142 Å². The molecule has 3 aromatic rings. The maximum Gasteiger partial charge on any atom is 0.257 e. The van der Waals surface area contributed by atoms with Crippen molar-refractivity contribution in [3.63, 3.8) is 0 Å². The van der Waals surface area contributed by atoms with Crippen LogP contribution in [0.3, 0.4) is 0 Å². The first-order valence-corrected chi connectivity index (χ1v) is 7.45. The highest BCUT2D eigenvalue weighted by molar-refractivity contribution is 6.35. The molecule has 1 heterocycles. The van der Waals surface area contributed by atoms with E-state index in [2.05, 4.69) is 15.5 Å². The van der Waals surface area contributed by atoms with Crippen molar-refractivity contribution in [3.05, 3.63) is 63.9 Å². The van der Waals surface area contributed by atoms with Crippen molar-refractivity contribution in [1.29, 1.82) is 0 Å². The molecule has 0 aliphatic carbocycles. The number of anilines is 1. The molecular weight excluding hydrogens is 337 g/mol. The van der Waals surface area contributed by atoms with E-state index in [-0.39, 0.29) is 5.91 Å². The van der Waals surface area contributed by atoms with Crippen LogP contribution in [-0.2, 0) is 0 Å². The molecule has 0 fully saturated rings. The molecule has 2 aromatic carbocycles. The molecule has 3 rings (SSSR count). The van der Waals surface area contributed by atoms with Crippen molar-refractivity contribution in [1.82, 2.24) is 10.1 Å². The zero-order valence-electron chi connectivity index (χ0n) is 12.0. The van der Waals surface area contributed by atoms with Crippen molar-refractivity contribution in [2.75, 3.05) is 5.32 Å². The lowest BCUT2D eigenvalue weighted by molar-refractivity contribution is 0.102. The Morgan fingerprint density at radius 1 is 1.09 bits per heavy atom. The first kappa shape index (κ1) is 15.5. The van der Waals surface area contributed by atoms with E-state index < -0.39 is 0 Å². The third-order valence-electron chi connectivity index (χ3n) is 3.04. The van der Waals surface area contributed by atoms with Gasteiger partial charge in [0, 0.05) is 26.9 Å². The highest BCUT2D eigenvalue weighted by atomic mass is 35.5. The summed E-state index contributed by atoms with van der Waals surface area (Å²) in [6, 6.07) is 11.7. The summed E-state index contributed by atoms with van der Waals surface area (Å²) in [6.45, 7) is 1.74. The zero-order valence-corrected chi connectivity index (χ0v) is 13.5. The van der Waals surface area contributed by atoms with Crippen LogP contribution in [0.4, 0.5) is 5.69 Å². The molecule has 0 radical (unpaired) electrons. The summed E-state index contributed by atoms with van der Waals surface area (Å²) >= 11 is 11.8. The molecule has 0 aliphatic rings. The van der Waals surface area contributed by atoms with E-state index in [4.69, 9.17) is 27.7 Å². The van der Waals surface area contributed by atoms with Crippen LogP contribution in [-0.4, -0.2) is 16.0 Å². The van der Waals surface area contributed by atoms with Crippen LogP contribution in [0.5, 0.6) is 0 Å². The minimum Gasteiger partial charge on any atom is -0.334 e. The summed E-state index contributed by atoms with van der Waals surface area (Å²) in [5, 5.41) is 7.38. The van der Waals surface area contributed by atoms with Crippen molar-refractivity contribution < 1.29 is 9.32 Å². The second-order valence-corrected chi connectivity index (χ2v) is 5.71. The maximum atomic E-state index is 12.2. The number of aryl methyl sites for hydroxylation is 1. The standard InChI is InChI=1S/C16H11Cl2N3O2/c1-9-19-16(23-21-9)11-4-2-10(3-5-11)15(22)20-14-7-12(17)6-13(18)8-14/h2-8H,1H3,(H,20,22). The molecule has 0 spiro atoms. The second-order valence-electron chi connectivity index (χ2n) is 4.84. The topological polar surface area (TPSA) is 68.0 Å². The molecule has 0 atom stereocenters. The average molecular weight is 348 g/mol. The number of nitrogens with one attached hydrogen (secondary N) is 1. The van der Waals surface area contributed by atoms with Crippen LogP contribution in [0.1, 0.15) is 16.2 Å². The largest absolute Gasteiger partial charge is 0.334 e. The first-order valence-electron chi connectivity index (χ1n) is 6.69. The normalized spacial score (nSPS) is 10.6. The van der Waals surface area contributed by atoms with Crippen LogP contribution in [0.25, 0.3) is 11.5 Å². The van der Waals surface area contributed by atoms with Gasteiger partial charge in [0.2, 0.25) is 0 Å². The lowest BCUT2D eigenvalue weighted by Crippen LogP contribution is -2.11. The number of hydrogen-bond acceptors (Lipinski definition) is 4. The SMILES string of the molecule is Cc1noc(-c2ccc(C(=O)Nc3cc(Cl)cc(Cl)c3)cc2)n1. The molecule has 0 bridgehead atoms. The molecule has 0 aliphatic heterocycles. The third kappa shape index (κ3) is 3.70. The molecule has 0 saturated heterocycles. The van der Waals surface area contributed by atoms with Crippen LogP contribution >= 0.6 is 23.2 Å². The molecule has 5 nitrogen and oxygen atoms in total. The van der Waals surface area contributed by atoms with Gasteiger partial charge in [-0.25, -0.2) is 0 Å². The molecule has 0 unspecified atom stereocenters. The van der Waals surface area contributed by atoms with Crippen LogP contribution in [0.2, 0.25) is 10.0 Å². The smallest absolute Gasteiger partial charge is 0.257 e. The summed E-state index contributed by atoms with van der Waals surface area (Å²) in [5.74, 6) is 0.701. The minimum atomic E-state index is -0.267. The maximum absolute atomic E-state index is 12.2. The molecule has 23 heavy (non-hydrogen) atoms. The number of halogens is 2. The monoisotopic (exact) mass is 347 g/mol. The van der Waals surface area contributed by atoms with E-state index in [0.717, 1.165) is 5.56 Å². The number of rotatable bonds is 3. The van der Waals surface area contributed by atoms with E-state index in [1.807, 2.05) is 0 Å². The lowest BCUT2D eigenvalue weighted by Gasteiger charge is -2.06. The Morgan fingerprint density at radius 3 is 2.30 bits per heavy atom. The van der Waals surface area contributed by atoms with Crippen molar-refractivity contribution in [2.24, 2.45) is 0 Å². The summed E-state index contributed by atoms with van der Waals surface area (Å²) in [5.41, 5.74) is 1.76. The van der Waals surface area contributed by atoms with Gasteiger partial charge in [0.15, 0.2) is 5.82 Å². The van der Waals surface area contributed by atoms with Gasteiger partial charge in [-0.15, -0.1) is 0 Å². The number of amides is 1. The summed E-state index contributed by atoms with van der Waals surface area (Å²) in [6.07, 6.45) is 0. The quantitative estimate of drug-likeness (QED) is 0.751. The Balaban J connectivity index is 1.77. The Kier molecular flexibility index (Phi) is 4.32. The van der Waals surface area contributed by atoms with Gasteiger partial charge in [-0.3, -0.25) is 4.79 Å². The van der Waals surface area contributed by atoms with Crippen molar-refractivity contribution >= 4 is 34.8 Å². The van der Waals surface area contributed by atoms with Crippen LogP contribution < -0.4 is 5.32 Å². The first-order chi connectivity index (χ1) is 11.0. The molecule has 7 heteroatoms. The lowest BCUT2D eigenvalue weighted by atomic mass is 10.1. The van der Waals surface area contributed by atoms with E-state index in [9.17, 15) is 4.79 Å². The van der Waals surface area contributed by atoms with Gasteiger partial charge in [0.1, 0.15) is 0 Å². The number of carbonyl (C=O) groups excluding carboxylic acids is 1. The second kappa shape index (κ2) is 6.40. The predicted molar refractivity (Wildman–Crippen MR) is 88.9 cm³/mol. The van der Waals surface area contributed by atoms with Crippen LogP contribution in [0, 0.1) is 6.92 Å². The van der Waals surface area contributed by atoms with Crippen LogP contribution in [0.15, 0.2) is 47.0 Å². The van der Waals surface area contributed by atoms with Gasteiger partial charge in [0.05, 0.1) is 0 Å². The van der Waals surface area contributed by atoms with Gasteiger partial charge in [-0.2, -0.15) is 4.98 Å². The van der Waals surface area contributed by atoms with E-state index in [1.54, 1.807) is 49.4 Å².